The molecule has 0 aliphatic carbocycles. The highest BCUT2D eigenvalue weighted by atomic mass is 16.4. The van der Waals surface area contributed by atoms with Gasteiger partial charge in [0.25, 0.3) is 0 Å². The van der Waals surface area contributed by atoms with E-state index < -0.39 is 5.97 Å². The first-order valence-corrected chi connectivity index (χ1v) is 6.49. The molecule has 0 aromatic carbocycles. The maximum absolute atomic E-state index is 12.2. The van der Waals surface area contributed by atoms with Crippen molar-refractivity contribution in [3.05, 3.63) is 11.6 Å². The lowest BCUT2D eigenvalue weighted by atomic mass is 9.98. The summed E-state index contributed by atoms with van der Waals surface area (Å²) in [6, 6.07) is -0.339. The quantitative estimate of drug-likeness (QED) is 0.742. The highest BCUT2D eigenvalue weighted by Gasteiger charge is 2.39. The minimum atomic E-state index is -1.00. The van der Waals surface area contributed by atoms with E-state index in [-0.39, 0.29) is 36.5 Å². The van der Waals surface area contributed by atoms with Crippen LogP contribution in [0.1, 0.15) is 26.2 Å². The molecule has 104 valence electrons. The largest absolute Gasteiger partial charge is 0.478 e. The zero-order chi connectivity index (χ0) is 14.0. The summed E-state index contributed by atoms with van der Waals surface area (Å²) in [7, 11) is 0. The van der Waals surface area contributed by atoms with Crippen LogP contribution in [-0.4, -0.2) is 58.4 Å². The monoisotopic (exact) mass is 266 g/mol. The first-order chi connectivity index (χ1) is 9.00. The van der Waals surface area contributed by atoms with Gasteiger partial charge in [0, 0.05) is 18.7 Å². The fourth-order valence-corrected chi connectivity index (χ4v) is 2.52. The number of nitrogens with zero attached hydrogens (tertiary/aromatic N) is 2. The molecular weight excluding hydrogens is 248 g/mol. The average Bonchev–Trinajstić information content (AvgIpc) is 2.40. The van der Waals surface area contributed by atoms with Gasteiger partial charge in [-0.1, -0.05) is 6.08 Å². The topological polar surface area (TPSA) is 77.9 Å². The van der Waals surface area contributed by atoms with Crippen molar-refractivity contribution in [3.63, 3.8) is 0 Å². The number of carbonyl (C=O) groups excluding carboxylic acids is 2. The second-order valence-electron chi connectivity index (χ2n) is 5.01. The zero-order valence-corrected chi connectivity index (χ0v) is 11.0. The Balaban J connectivity index is 2.07. The molecule has 0 radical (unpaired) electrons. The Labute approximate surface area is 111 Å². The van der Waals surface area contributed by atoms with Crippen LogP contribution in [0.15, 0.2) is 11.6 Å². The summed E-state index contributed by atoms with van der Waals surface area (Å²) in [6.45, 7) is 2.38. The van der Waals surface area contributed by atoms with E-state index >= 15 is 0 Å². The molecule has 6 heteroatoms. The molecule has 2 fully saturated rings. The lowest BCUT2D eigenvalue weighted by Gasteiger charge is -2.42. The summed E-state index contributed by atoms with van der Waals surface area (Å²) in [5, 5.41) is 8.77. The number of rotatable bonds is 3. The molecule has 0 aromatic rings. The number of carbonyl (C=O) groups is 3. The van der Waals surface area contributed by atoms with Gasteiger partial charge >= 0.3 is 5.97 Å². The highest BCUT2D eigenvalue weighted by molar-refractivity contribution is 5.95. The zero-order valence-electron chi connectivity index (χ0n) is 11.0. The average molecular weight is 266 g/mol. The van der Waals surface area contributed by atoms with Crippen molar-refractivity contribution in [2.24, 2.45) is 0 Å². The van der Waals surface area contributed by atoms with Crippen LogP contribution in [-0.2, 0) is 14.4 Å². The fourth-order valence-electron chi connectivity index (χ4n) is 2.52. The predicted octanol–water partition coefficient (Wildman–Crippen LogP) is 0.241. The summed E-state index contributed by atoms with van der Waals surface area (Å²) < 4.78 is 0. The van der Waals surface area contributed by atoms with E-state index in [4.69, 9.17) is 5.11 Å². The van der Waals surface area contributed by atoms with E-state index in [1.165, 1.54) is 17.9 Å². The van der Waals surface area contributed by atoms with Crippen molar-refractivity contribution in [2.75, 3.05) is 19.6 Å². The number of hydrogen-bond acceptors (Lipinski definition) is 3. The van der Waals surface area contributed by atoms with Gasteiger partial charge in [-0.3, -0.25) is 9.59 Å². The number of carboxylic acid groups (broad SMARTS) is 1. The van der Waals surface area contributed by atoms with Crippen molar-refractivity contribution >= 4 is 17.8 Å². The van der Waals surface area contributed by atoms with Gasteiger partial charge in [0.05, 0.1) is 0 Å². The van der Waals surface area contributed by atoms with Crippen molar-refractivity contribution in [1.82, 2.24) is 9.80 Å². The molecular formula is C13H18N2O4. The maximum Gasteiger partial charge on any atom is 0.331 e. The molecule has 2 aliphatic heterocycles. The molecule has 6 nitrogen and oxygen atoms in total. The second-order valence-corrected chi connectivity index (χ2v) is 5.01. The van der Waals surface area contributed by atoms with Gasteiger partial charge < -0.3 is 14.9 Å². The first kappa shape index (κ1) is 13.6. The van der Waals surface area contributed by atoms with E-state index in [0.29, 0.717) is 13.0 Å². The minimum Gasteiger partial charge on any atom is -0.478 e. The predicted molar refractivity (Wildman–Crippen MR) is 67.3 cm³/mol. The smallest absolute Gasteiger partial charge is 0.331 e. The van der Waals surface area contributed by atoms with Crippen LogP contribution in [0.4, 0.5) is 0 Å². The number of aliphatic carboxylic acids is 1. The maximum atomic E-state index is 12.2. The van der Waals surface area contributed by atoms with Gasteiger partial charge in [-0.2, -0.15) is 0 Å². The molecule has 19 heavy (non-hydrogen) atoms. The molecule has 2 saturated heterocycles. The number of piperidine rings is 1. The summed E-state index contributed by atoms with van der Waals surface area (Å²) >= 11 is 0. The van der Waals surface area contributed by atoms with Gasteiger partial charge in [0.2, 0.25) is 11.8 Å². The van der Waals surface area contributed by atoms with E-state index in [0.717, 1.165) is 12.8 Å². The minimum absolute atomic E-state index is 0.0364. The molecule has 0 saturated carbocycles. The summed E-state index contributed by atoms with van der Waals surface area (Å²) in [6.07, 6.45) is 4.10. The lowest BCUT2D eigenvalue weighted by Crippen LogP contribution is -2.61. The Morgan fingerprint density at radius 3 is 2.84 bits per heavy atom. The van der Waals surface area contributed by atoms with Gasteiger partial charge in [0.1, 0.15) is 12.6 Å². The van der Waals surface area contributed by atoms with Gasteiger partial charge in [-0.05, 0) is 26.2 Å². The van der Waals surface area contributed by atoms with E-state index in [1.54, 1.807) is 4.90 Å². The standard InChI is InChI=1S/C13H18N2O4/c1-9(13(18)19)5-7-14-8-11(16)15-6-3-2-4-10(15)12(14)17/h5,10H,2-4,6-8H2,1H3,(H,18,19). The van der Waals surface area contributed by atoms with Crippen LogP contribution >= 0.6 is 0 Å². The molecule has 0 aromatic heterocycles. The van der Waals surface area contributed by atoms with Gasteiger partial charge in [-0.25, -0.2) is 4.79 Å². The normalized spacial score (nSPS) is 24.5. The van der Waals surface area contributed by atoms with Crippen molar-refractivity contribution < 1.29 is 19.5 Å². The van der Waals surface area contributed by atoms with Crippen LogP contribution in [0.25, 0.3) is 0 Å². The lowest BCUT2D eigenvalue weighted by molar-refractivity contribution is -0.157. The van der Waals surface area contributed by atoms with Crippen LogP contribution in [0.2, 0.25) is 0 Å². The summed E-state index contributed by atoms with van der Waals surface area (Å²) in [5.74, 6) is -1.10. The molecule has 0 spiro atoms. The second kappa shape index (κ2) is 5.42. The molecule has 1 atom stereocenters. The fraction of sp³-hybridized carbons (Fsp3) is 0.615. The van der Waals surface area contributed by atoms with Crippen molar-refractivity contribution in [3.8, 4) is 0 Å². The Hall–Kier alpha value is -1.85. The Bertz CT molecular complexity index is 444. The third-order valence-corrected chi connectivity index (χ3v) is 3.70. The summed E-state index contributed by atoms with van der Waals surface area (Å²) in [4.78, 5) is 38.0. The molecule has 0 bridgehead atoms. The number of hydrogen-bond donors (Lipinski definition) is 1. The third-order valence-electron chi connectivity index (χ3n) is 3.70. The Kier molecular flexibility index (Phi) is 3.87. The molecule has 1 unspecified atom stereocenters. The van der Waals surface area contributed by atoms with Crippen molar-refractivity contribution in [2.45, 2.75) is 32.2 Å². The Morgan fingerprint density at radius 2 is 2.16 bits per heavy atom. The molecule has 2 amide bonds. The highest BCUT2D eigenvalue weighted by Crippen LogP contribution is 2.23. The molecule has 2 rings (SSSR count). The van der Waals surface area contributed by atoms with Crippen LogP contribution in [0.3, 0.4) is 0 Å². The van der Waals surface area contributed by atoms with E-state index in [9.17, 15) is 14.4 Å². The van der Waals surface area contributed by atoms with Crippen LogP contribution in [0.5, 0.6) is 0 Å². The number of carboxylic acids is 1. The third kappa shape index (κ3) is 2.77. The van der Waals surface area contributed by atoms with E-state index in [1.807, 2.05) is 0 Å². The number of amides is 2. The molecule has 2 heterocycles. The SMILES string of the molecule is CC(=CCN1CC(=O)N2CCCCC2C1=O)C(=O)O. The Morgan fingerprint density at radius 1 is 1.42 bits per heavy atom. The van der Waals surface area contributed by atoms with Crippen LogP contribution in [0, 0.1) is 0 Å². The van der Waals surface area contributed by atoms with Crippen molar-refractivity contribution in [1.29, 1.82) is 0 Å². The van der Waals surface area contributed by atoms with Crippen LogP contribution < -0.4 is 0 Å². The summed E-state index contributed by atoms with van der Waals surface area (Å²) in [5.41, 5.74) is 0.186. The molecule has 2 aliphatic rings. The molecule has 1 N–H and O–H groups in total. The van der Waals surface area contributed by atoms with Gasteiger partial charge in [-0.15, -0.1) is 0 Å². The first-order valence-electron chi connectivity index (χ1n) is 6.49. The van der Waals surface area contributed by atoms with Gasteiger partial charge in [0.15, 0.2) is 0 Å². The van der Waals surface area contributed by atoms with E-state index in [2.05, 4.69) is 0 Å². The number of fused-ring (bicyclic) bond motifs is 1. The number of piperazine rings is 1.